The summed E-state index contributed by atoms with van der Waals surface area (Å²) in [6.45, 7) is 2.10. The zero-order valence-electron chi connectivity index (χ0n) is 19.5. The summed E-state index contributed by atoms with van der Waals surface area (Å²) in [5, 5.41) is 16.9. The number of nitriles is 1. The van der Waals surface area contributed by atoms with E-state index in [9.17, 15) is 5.26 Å². The van der Waals surface area contributed by atoms with Crippen molar-refractivity contribution in [2.75, 3.05) is 0 Å². The van der Waals surface area contributed by atoms with Crippen molar-refractivity contribution in [3.8, 4) is 17.2 Å². The Bertz CT molecular complexity index is 1770. The van der Waals surface area contributed by atoms with Crippen LogP contribution in [0, 0.1) is 18.3 Å². The van der Waals surface area contributed by atoms with Crippen LogP contribution in [0.1, 0.15) is 16.7 Å². The number of nitrogens with zero attached hydrogens (tertiary/aromatic N) is 1. The zero-order valence-corrected chi connectivity index (χ0v) is 20.3. The molecule has 0 aromatic heterocycles. The average Bonchev–Trinajstić information content (AvgIpc) is 2.90. The number of thioether (sulfide) groups is 1. The molecule has 0 amide bonds. The Morgan fingerprint density at radius 1 is 0.657 bits per heavy atom. The Morgan fingerprint density at radius 3 is 2.17 bits per heavy atom. The van der Waals surface area contributed by atoms with E-state index in [2.05, 4.69) is 104 Å². The summed E-state index contributed by atoms with van der Waals surface area (Å²) in [5.74, 6) is 0.864. The minimum absolute atomic E-state index is 0.711. The monoisotopic (exact) mass is 465 g/mol. The van der Waals surface area contributed by atoms with Gasteiger partial charge in [0, 0.05) is 10.6 Å². The van der Waals surface area contributed by atoms with Crippen molar-refractivity contribution in [1.29, 1.82) is 5.26 Å². The summed E-state index contributed by atoms with van der Waals surface area (Å²) in [6.07, 6.45) is 0. The van der Waals surface area contributed by atoms with Crippen LogP contribution in [0.3, 0.4) is 0 Å². The third-order valence-corrected chi connectivity index (χ3v) is 7.88. The van der Waals surface area contributed by atoms with Gasteiger partial charge in [-0.2, -0.15) is 5.26 Å². The zero-order chi connectivity index (χ0) is 23.8. The lowest BCUT2D eigenvalue weighted by atomic mass is 9.94. The van der Waals surface area contributed by atoms with Gasteiger partial charge in [-0.3, -0.25) is 0 Å². The van der Waals surface area contributed by atoms with Gasteiger partial charge < -0.3 is 0 Å². The molecule has 0 bridgehead atoms. The summed E-state index contributed by atoms with van der Waals surface area (Å²) in [7, 11) is 0. The molecule has 6 aromatic carbocycles. The maximum atomic E-state index is 9.25. The predicted molar refractivity (Wildman–Crippen MR) is 150 cm³/mol. The van der Waals surface area contributed by atoms with Gasteiger partial charge in [0.15, 0.2) is 0 Å². The molecule has 6 aromatic rings. The molecule has 0 saturated carbocycles. The van der Waals surface area contributed by atoms with Gasteiger partial charge in [-0.05, 0) is 97.9 Å². The minimum Gasteiger partial charge on any atom is -0.192 e. The Labute approximate surface area is 209 Å². The molecular formula is C33H23NS. The summed E-state index contributed by atoms with van der Waals surface area (Å²) in [6, 6.07) is 41.4. The number of rotatable bonds is 4. The quantitative estimate of drug-likeness (QED) is 0.191. The van der Waals surface area contributed by atoms with Crippen molar-refractivity contribution >= 4 is 44.1 Å². The molecule has 2 heteroatoms. The maximum absolute atomic E-state index is 9.25. The summed E-state index contributed by atoms with van der Waals surface area (Å²) in [5.41, 5.74) is 5.68. The van der Waals surface area contributed by atoms with E-state index in [1.807, 2.05) is 18.2 Å². The second-order valence-corrected chi connectivity index (χ2v) is 10.0. The largest absolute Gasteiger partial charge is 0.192 e. The van der Waals surface area contributed by atoms with E-state index in [1.54, 1.807) is 11.8 Å². The highest BCUT2D eigenvalue weighted by Crippen LogP contribution is 2.35. The van der Waals surface area contributed by atoms with Crippen molar-refractivity contribution in [3.05, 3.63) is 126 Å². The van der Waals surface area contributed by atoms with Gasteiger partial charge in [-0.15, -0.1) is 11.8 Å². The Hall–Kier alpha value is -4.06. The molecule has 0 N–H and O–H groups in total. The van der Waals surface area contributed by atoms with Crippen LogP contribution in [0.15, 0.2) is 114 Å². The lowest BCUT2D eigenvalue weighted by Gasteiger charge is -2.12. The van der Waals surface area contributed by atoms with Crippen LogP contribution in [0.4, 0.5) is 0 Å². The Kier molecular flexibility index (Phi) is 5.49. The molecule has 35 heavy (non-hydrogen) atoms. The average molecular weight is 466 g/mol. The fourth-order valence-electron chi connectivity index (χ4n) is 4.79. The van der Waals surface area contributed by atoms with Gasteiger partial charge in [0.25, 0.3) is 0 Å². The summed E-state index contributed by atoms with van der Waals surface area (Å²) >= 11 is 1.79. The van der Waals surface area contributed by atoms with Crippen molar-refractivity contribution in [1.82, 2.24) is 0 Å². The molecule has 0 heterocycles. The van der Waals surface area contributed by atoms with E-state index in [1.165, 1.54) is 59.5 Å². The molecule has 0 fully saturated rings. The molecule has 0 saturated heterocycles. The Morgan fingerprint density at radius 2 is 1.37 bits per heavy atom. The standard InChI is InChI=1S/C33H23NS/c1-22-12-13-23(20-34)15-33(22)35-21-24-6-4-9-27(14-24)31-11-5-10-28-18-29-16-25-7-2-3-8-26(25)17-30(29)19-32(28)31/h2-19H,21H2,1H3. The van der Waals surface area contributed by atoms with Crippen LogP contribution in [0.25, 0.3) is 43.4 Å². The van der Waals surface area contributed by atoms with Crippen molar-refractivity contribution < 1.29 is 0 Å². The molecule has 1 nitrogen and oxygen atoms in total. The SMILES string of the molecule is Cc1ccc(C#N)cc1SCc1cccc(-c2cccc3cc4cc5ccccc5cc4cc23)c1. The first-order valence-electron chi connectivity index (χ1n) is 11.8. The Balaban J connectivity index is 1.39. The van der Waals surface area contributed by atoms with Crippen LogP contribution in [-0.2, 0) is 5.75 Å². The van der Waals surface area contributed by atoms with E-state index in [0.29, 0.717) is 5.56 Å². The number of benzene rings is 6. The molecule has 0 unspecified atom stereocenters. The lowest BCUT2D eigenvalue weighted by molar-refractivity contribution is 1.27. The lowest BCUT2D eigenvalue weighted by Crippen LogP contribution is -1.87. The second-order valence-electron chi connectivity index (χ2n) is 9.01. The molecule has 0 spiro atoms. The van der Waals surface area contributed by atoms with Gasteiger partial charge >= 0.3 is 0 Å². The topological polar surface area (TPSA) is 23.8 Å². The van der Waals surface area contributed by atoms with Crippen molar-refractivity contribution in [3.63, 3.8) is 0 Å². The maximum Gasteiger partial charge on any atom is 0.0992 e. The molecule has 0 atom stereocenters. The fraction of sp³-hybridized carbons (Fsp3) is 0.0606. The van der Waals surface area contributed by atoms with Gasteiger partial charge in [-0.25, -0.2) is 0 Å². The minimum atomic E-state index is 0.711. The third-order valence-electron chi connectivity index (χ3n) is 6.65. The molecule has 6 rings (SSSR count). The highest BCUT2D eigenvalue weighted by atomic mass is 32.2. The predicted octanol–water partition coefficient (Wildman–Crippen LogP) is 9.29. The van der Waals surface area contributed by atoms with Gasteiger partial charge in [0.2, 0.25) is 0 Å². The third kappa shape index (κ3) is 4.16. The number of aryl methyl sites for hydroxylation is 1. The van der Waals surface area contributed by atoms with Gasteiger partial charge in [0.1, 0.15) is 0 Å². The summed E-state index contributed by atoms with van der Waals surface area (Å²) in [4.78, 5) is 1.17. The van der Waals surface area contributed by atoms with E-state index in [-0.39, 0.29) is 0 Å². The van der Waals surface area contributed by atoms with Crippen LogP contribution in [0.2, 0.25) is 0 Å². The summed E-state index contributed by atoms with van der Waals surface area (Å²) < 4.78 is 0. The second kappa shape index (κ2) is 8.95. The van der Waals surface area contributed by atoms with Crippen LogP contribution < -0.4 is 0 Å². The molecule has 0 radical (unpaired) electrons. The fourth-order valence-corrected chi connectivity index (χ4v) is 5.79. The first kappa shape index (κ1) is 21.5. The molecule has 0 aliphatic heterocycles. The van der Waals surface area contributed by atoms with Crippen LogP contribution >= 0.6 is 11.8 Å². The van der Waals surface area contributed by atoms with Crippen molar-refractivity contribution in [2.45, 2.75) is 17.6 Å². The highest BCUT2D eigenvalue weighted by Gasteiger charge is 2.08. The van der Waals surface area contributed by atoms with Gasteiger partial charge in [0.05, 0.1) is 11.6 Å². The molecular weight excluding hydrogens is 442 g/mol. The molecule has 0 aliphatic carbocycles. The van der Waals surface area contributed by atoms with E-state index in [4.69, 9.17) is 0 Å². The smallest absolute Gasteiger partial charge is 0.0992 e. The number of hydrogen-bond donors (Lipinski definition) is 0. The number of hydrogen-bond acceptors (Lipinski definition) is 2. The highest BCUT2D eigenvalue weighted by molar-refractivity contribution is 7.98. The first-order chi connectivity index (χ1) is 17.2. The first-order valence-corrected chi connectivity index (χ1v) is 12.7. The number of fused-ring (bicyclic) bond motifs is 3. The van der Waals surface area contributed by atoms with Crippen LogP contribution in [0.5, 0.6) is 0 Å². The molecule has 0 aliphatic rings. The van der Waals surface area contributed by atoms with E-state index >= 15 is 0 Å². The van der Waals surface area contributed by atoms with Gasteiger partial charge in [-0.1, -0.05) is 72.8 Å². The van der Waals surface area contributed by atoms with Crippen molar-refractivity contribution in [2.24, 2.45) is 0 Å². The van der Waals surface area contributed by atoms with E-state index in [0.717, 1.165) is 5.75 Å². The van der Waals surface area contributed by atoms with E-state index < -0.39 is 0 Å². The normalized spacial score (nSPS) is 11.2. The molecule has 166 valence electrons. The van der Waals surface area contributed by atoms with Crippen LogP contribution in [-0.4, -0.2) is 0 Å².